The van der Waals surface area contributed by atoms with Crippen molar-refractivity contribution < 1.29 is 28.2 Å². The zero-order valence-electron chi connectivity index (χ0n) is 13.5. The van der Waals surface area contributed by atoms with Crippen molar-refractivity contribution in [1.82, 2.24) is 10.2 Å². The number of carbonyl (C=O) groups excluding carboxylic acids is 1. The molecule has 0 saturated carbocycles. The van der Waals surface area contributed by atoms with Gasteiger partial charge in [0.15, 0.2) is 11.6 Å². The maximum atomic E-state index is 13.4. The van der Waals surface area contributed by atoms with E-state index >= 15 is 0 Å². The summed E-state index contributed by atoms with van der Waals surface area (Å²) >= 11 is 0. The molecule has 1 aliphatic heterocycles. The highest BCUT2D eigenvalue weighted by Crippen LogP contribution is 2.30. The second-order valence-corrected chi connectivity index (χ2v) is 5.93. The molecule has 132 valence electrons. The van der Waals surface area contributed by atoms with E-state index in [0.29, 0.717) is 18.6 Å². The molecular weight excluding hydrogens is 322 g/mol. The number of hydrogen-bond donors (Lipinski definition) is 2. The number of carboxylic acids is 1. The number of halogens is 2. The maximum Gasteiger partial charge on any atom is 0.317 e. The van der Waals surface area contributed by atoms with Crippen molar-refractivity contribution in [3.05, 3.63) is 35.4 Å². The van der Waals surface area contributed by atoms with Gasteiger partial charge >= 0.3 is 12.0 Å². The third-order valence-corrected chi connectivity index (χ3v) is 3.99. The lowest BCUT2D eigenvalue weighted by molar-refractivity contribution is -0.141. The van der Waals surface area contributed by atoms with Crippen LogP contribution in [0.25, 0.3) is 0 Å². The third-order valence-electron chi connectivity index (χ3n) is 3.99. The average Bonchev–Trinajstić information content (AvgIpc) is 2.97. The predicted octanol–water partition coefficient (Wildman–Crippen LogP) is 2.16. The number of nitrogens with one attached hydrogen (secondary N) is 1. The van der Waals surface area contributed by atoms with E-state index in [-0.39, 0.29) is 6.54 Å². The van der Waals surface area contributed by atoms with E-state index in [1.807, 2.05) is 0 Å². The van der Waals surface area contributed by atoms with Gasteiger partial charge in [0.25, 0.3) is 0 Å². The van der Waals surface area contributed by atoms with Crippen LogP contribution < -0.4 is 5.32 Å². The molecule has 1 heterocycles. The molecule has 6 nitrogen and oxygen atoms in total. The van der Waals surface area contributed by atoms with Crippen molar-refractivity contribution >= 4 is 12.0 Å². The monoisotopic (exact) mass is 342 g/mol. The highest BCUT2D eigenvalue weighted by molar-refractivity contribution is 5.76. The number of carboxylic acid groups (broad SMARTS) is 1. The van der Waals surface area contributed by atoms with Crippen molar-refractivity contribution in [3.8, 4) is 0 Å². The van der Waals surface area contributed by atoms with Crippen LogP contribution in [0.4, 0.5) is 13.6 Å². The zero-order valence-corrected chi connectivity index (χ0v) is 13.5. The van der Waals surface area contributed by atoms with Crippen LogP contribution in [-0.2, 0) is 9.53 Å². The summed E-state index contributed by atoms with van der Waals surface area (Å²) in [5.41, 5.74) is 0.443. The van der Waals surface area contributed by atoms with Crippen LogP contribution in [0.15, 0.2) is 18.2 Å². The van der Waals surface area contributed by atoms with Crippen molar-refractivity contribution in [2.45, 2.75) is 25.5 Å². The summed E-state index contributed by atoms with van der Waals surface area (Å²) in [6, 6.07) is 2.66. The highest BCUT2D eigenvalue weighted by atomic mass is 19.2. The topological polar surface area (TPSA) is 78.9 Å². The van der Waals surface area contributed by atoms with E-state index in [2.05, 4.69) is 5.32 Å². The fourth-order valence-corrected chi connectivity index (χ4v) is 2.60. The molecule has 0 bridgehead atoms. The van der Waals surface area contributed by atoms with E-state index in [0.717, 1.165) is 12.1 Å². The fraction of sp³-hybridized carbons (Fsp3) is 0.500. The zero-order chi connectivity index (χ0) is 17.9. The summed E-state index contributed by atoms with van der Waals surface area (Å²) in [4.78, 5) is 24.3. The summed E-state index contributed by atoms with van der Waals surface area (Å²) in [6.45, 7) is 1.95. The van der Waals surface area contributed by atoms with Gasteiger partial charge in [0.2, 0.25) is 0 Å². The molecule has 2 rings (SSSR count). The van der Waals surface area contributed by atoms with Crippen molar-refractivity contribution in [1.29, 1.82) is 0 Å². The van der Waals surface area contributed by atoms with Gasteiger partial charge in [-0.2, -0.15) is 0 Å². The van der Waals surface area contributed by atoms with Gasteiger partial charge in [-0.3, -0.25) is 4.79 Å². The molecular formula is C16H20F2N2O4. The molecule has 2 N–H and O–H groups in total. The predicted molar refractivity (Wildman–Crippen MR) is 81.4 cm³/mol. The molecule has 3 atom stereocenters. The fourth-order valence-electron chi connectivity index (χ4n) is 2.60. The number of carbonyl (C=O) groups is 2. The molecule has 1 aromatic rings. The standard InChI is InChI=1S/C16H20F2N2O4/c1-9(15(21)22)8-20(2)16(23)19-13-5-6-24-14(13)10-3-4-11(17)12(18)7-10/h3-4,7,9,13-14H,5-6,8H2,1-2H3,(H,19,23)(H,21,22). The molecule has 0 aromatic heterocycles. The normalized spacial score (nSPS) is 21.3. The first kappa shape index (κ1) is 18.1. The van der Waals surface area contributed by atoms with Gasteiger partial charge in [-0.05, 0) is 24.1 Å². The molecule has 3 unspecified atom stereocenters. The molecule has 24 heavy (non-hydrogen) atoms. The number of hydrogen-bond acceptors (Lipinski definition) is 3. The van der Waals surface area contributed by atoms with Crippen LogP contribution in [0.5, 0.6) is 0 Å². The van der Waals surface area contributed by atoms with E-state index < -0.39 is 41.7 Å². The van der Waals surface area contributed by atoms with Crippen LogP contribution in [0.1, 0.15) is 25.0 Å². The number of nitrogens with zero attached hydrogens (tertiary/aromatic N) is 1. The SMILES string of the molecule is CC(CN(C)C(=O)NC1CCOC1c1ccc(F)c(F)c1)C(=O)O. The second kappa shape index (κ2) is 7.57. The first-order chi connectivity index (χ1) is 11.3. The lowest BCUT2D eigenvalue weighted by atomic mass is 10.0. The number of ether oxygens (including phenoxy) is 1. The quantitative estimate of drug-likeness (QED) is 0.859. The van der Waals surface area contributed by atoms with Crippen molar-refractivity contribution in [2.24, 2.45) is 5.92 Å². The van der Waals surface area contributed by atoms with Crippen molar-refractivity contribution in [3.63, 3.8) is 0 Å². The number of aliphatic carboxylic acids is 1. The van der Waals surface area contributed by atoms with Gasteiger partial charge in [0, 0.05) is 20.2 Å². The van der Waals surface area contributed by atoms with Gasteiger partial charge in [0.05, 0.1) is 12.0 Å². The van der Waals surface area contributed by atoms with Gasteiger partial charge in [-0.25, -0.2) is 13.6 Å². The van der Waals surface area contributed by atoms with E-state index in [1.165, 1.54) is 24.9 Å². The van der Waals surface area contributed by atoms with E-state index in [9.17, 15) is 18.4 Å². The van der Waals surface area contributed by atoms with Crippen LogP contribution in [0.2, 0.25) is 0 Å². The van der Waals surface area contributed by atoms with E-state index in [4.69, 9.17) is 9.84 Å². The minimum absolute atomic E-state index is 0.0601. The molecule has 1 aliphatic rings. The Kier molecular flexibility index (Phi) is 5.71. The summed E-state index contributed by atoms with van der Waals surface area (Å²) in [5.74, 6) is -3.60. The number of amides is 2. The smallest absolute Gasteiger partial charge is 0.317 e. The van der Waals surface area contributed by atoms with Gasteiger partial charge < -0.3 is 20.1 Å². The van der Waals surface area contributed by atoms with Gasteiger partial charge in [0.1, 0.15) is 6.10 Å². The Labute approximate surface area is 138 Å². The Morgan fingerprint density at radius 1 is 1.42 bits per heavy atom. The summed E-state index contributed by atoms with van der Waals surface area (Å²) in [7, 11) is 1.50. The van der Waals surface area contributed by atoms with Crippen molar-refractivity contribution in [2.75, 3.05) is 20.2 Å². The molecule has 0 radical (unpaired) electrons. The number of urea groups is 1. The lowest BCUT2D eigenvalue weighted by Crippen LogP contribution is -2.46. The van der Waals surface area contributed by atoms with Gasteiger partial charge in [-0.1, -0.05) is 13.0 Å². The van der Waals surface area contributed by atoms with E-state index in [1.54, 1.807) is 0 Å². The Morgan fingerprint density at radius 2 is 2.12 bits per heavy atom. The molecule has 2 amide bonds. The largest absolute Gasteiger partial charge is 0.481 e. The first-order valence-corrected chi connectivity index (χ1v) is 7.60. The summed E-state index contributed by atoms with van der Waals surface area (Å²) in [5, 5.41) is 11.6. The summed E-state index contributed by atoms with van der Waals surface area (Å²) in [6.07, 6.45) is -0.0492. The Morgan fingerprint density at radius 3 is 2.75 bits per heavy atom. The van der Waals surface area contributed by atoms with Gasteiger partial charge in [-0.15, -0.1) is 0 Å². The van der Waals surface area contributed by atoms with Crippen LogP contribution in [0.3, 0.4) is 0 Å². The van der Waals surface area contributed by atoms with Crippen LogP contribution in [0, 0.1) is 17.6 Å². The molecule has 1 saturated heterocycles. The maximum absolute atomic E-state index is 13.4. The molecule has 8 heteroatoms. The lowest BCUT2D eigenvalue weighted by Gasteiger charge is -2.25. The first-order valence-electron chi connectivity index (χ1n) is 7.60. The number of rotatable bonds is 5. The second-order valence-electron chi connectivity index (χ2n) is 5.93. The Hall–Kier alpha value is -2.22. The minimum atomic E-state index is -0.987. The molecule has 1 aromatic carbocycles. The summed E-state index contributed by atoms with van der Waals surface area (Å²) < 4.78 is 32.0. The van der Waals surface area contributed by atoms with Crippen LogP contribution in [-0.4, -0.2) is 48.2 Å². The molecule has 0 aliphatic carbocycles. The number of benzene rings is 1. The average molecular weight is 342 g/mol. The van der Waals surface area contributed by atoms with Crippen LogP contribution >= 0.6 is 0 Å². The molecule has 1 fully saturated rings. The third kappa shape index (κ3) is 4.19. The highest BCUT2D eigenvalue weighted by Gasteiger charge is 2.32. The molecule has 0 spiro atoms. The minimum Gasteiger partial charge on any atom is -0.481 e. The Bertz CT molecular complexity index is 626. The Balaban J connectivity index is 2.01.